The molecule has 3 rings (SSSR count). The number of carbonyl (C=O) groups is 2. The minimum Gasteiger partial charge on any atom is -0.466 e. The van der Waals surface area contributed by atoms with E-state index < -0.39 is 23.6 Å². The molecule has 28 heavy (non-hydrogen) atoms. The van der Waals surface area contributed by atoms with E-state index in [1.54, 1.807) is 0 Å². The number of alkyl halides is 3. The Morgan fingerprint density at radius 3 is 2.50 bits per heavy atom. The van der Waals surface area contributed by atoms with Gasteiger partial charge in [0, 0.05) is 12.2 Å². The summed E-state index contributed by atoms with van der Waals surface area (Å²) in [6, 6.07) is 13.6. The lowest BCUT2D eigenvalue weighted by atomic mass is 10.1. The van der Waals surface area contributed by atoms with Gasteiger partial charge in [0.05, 0.1) is 24.8 Å². The molecule has 146 valence electrons. The van der Waals surface area contributed by atoms with Gasteiger partial charge in [-0.3, -0.25) is 4.79 Å². The first-order chi connectivity index (χ1) is 13.3. The number of hydrogen-bond donors (Lipinski definition) is 1. The van der Waals surface area contributed by atoms with Gasteiger partial charge in [-0.2, -0.15) is 13.2 Å². The van der Waals surface area contributed by atoms with Gasteiger partial charge >= 0.3 is 12.1 Å². The number of nitrogens with one attached hydrogen (secondary N) is 1. The Hall–Kier alpha value is -3.29. The van der Waals surface area contributed by atoms with E-state index in [1.807, 2.05) is 30.3 Å². The molecule has 1 N–H and O–H groups in total. The number of anilines is 1. The van der Waals surface area contributed by atoms with Gasteiger partial charge < -0.3 is 15.0 Å². The molecule has 0 aromatic heterocycles. The highest BCUT2D eigenvalue weighted by molar-refractivity contribution is 6.08. The summed E-state index contributed by atoms with van der Waals surface area (Å²) in [4.78, 5) is 26.3. The topological polar surface area (TPSA) is 58.6 Å². The Balaban J connectivity index is 1.88. The van der Waals surface area contributed by atoms with E-state index in [2.05, 4.69) is 5.32 Å². The molecule has 1 aliphatic heterocycles. The van der Waals surface area contributed by atoms with Crippen LogP contribution in [0, 0.1) is 0 Å². The van der Waals surface area contributed by atoms with Crippen molar-refractivity contribution in [2.75, 3.05) is 19.0 Å². The first-order valence-corrected chi connectivity index (χ1v) is 8.38. The number of hydrogen-bond acceptors (Lipinski definition) is 4. The summed E-state index contributed by atoms with van der Waals surface area (Å²) in [6.45, 7) is 0.260. The number of benzene rings is 2. The molecule has 0 atom stereocenters. The molecule has 0 saturated carbocycles. The molecule has 2 aromatic rings. The number of halogens is 3. The molecule has 8 heteroatoms. The third-order valence-corrected chi connectivity index (χ3v) is 4.26. The van der Waals surface area contributed by atoms with Gasteiger partial charge in [0.25, 0.3) is 5.91 Å². The Labute approximate surface area is 159 Å². The standard InChI is InChI=1S/C20H17F3N2O3/c1-28-19(27)16-12-25(11-13-6-3-2-4-7-13)18(26)17(16)24-15-9-5-8-14(10-15)20(21,22)23/h2-10,24H,11-12H2,1H3. The van der Waals surface area contributed by atoms with E-state index in [-0.39, 0.29) is 30.0 Å². The van der Waals surface area contributed by atoms with Crippen molar-refractivity contribution in [2.24, 2.45) is 0 Å². The zero-order valence-electron chi connectivity index (χ0n) is 14.9. The van der Waals surface area contributed by atoms with Gasteiger partial charge in [-0.1, -0.05) is 36.4 Å². The highest BCUT2D eigenvalue weighted by atomic mass is 19.4. The smallest absolute Gasteiger partial charge is 0.416 e. The molecule has 1 heterocycles. The molecule has 5 nitrogen and oxygen atoms in total. The molecule has 0 saturated heterocycles. The molecule has 0 bridgehead atoms. The maximum absolute atomic E-state index is 12.9. The second-order valence-electron chi connectivity index (χ2n) is 6.20. The summed E-state index contributed by atoms with van der Waals surface area (Å²) < 4.78 is 43.5. The van der Waals surface area contributed by atoms with Crippen LogP contribution in [0.3, 0.4) is 0 Å². The minimum atomic E-state index is -4.52. The first-order valence-electron chi connectivity index (χ1n) is 8.38. The second kappa shape index (κ2) is 7.75. The van der Waals surface area contributed by atoms with Gasteiger partial charge in [0.15, 0.2) is 0 Å². The Morgan fingerprint density at radius 2 is 1.86 bits per heavy atom. The van der Waals surface area contributed by atoms with Crippen LogP contribution in [-0.4, -0.2) is 30.4 Å². The van der Waals surface area contributed by atoms with Gasteiger partial charge in [-0.25, -0.2) is 4.79 Å². The lowest BCUT2D eigenvalue weighted by Crippen LogP contribution is -2.28. The fourth-order valence-corrected chi connectivity index (χ4v) is 2.90. The molecule has 0 unspecified atom stereocenters. The van der Waals surface area contributed by atoms with E-state index in [1.165, 1.54) is 24.1 Å². The van der Waals surface area contributed by atoms with Gasteiger partial charge in [0.1, 0.15) is 5.70 Å². The molecule has 2 aromatic carbocycles. The van der Waals surface area contributed by atoms with Crippen molar-refractivity contribution >= 4 is 17.6 Å². The number of methoxy groups -OCH3 is 1. The Bertz CT molecular complexity index is 924. The monoisotopic (exact) mass is 390 g/mol. The number of carbonyl (C=O) groups excluding carboxylic acids is 2. The molecule has 1 aliphatic rings. The molecule has 0 spiro atoms. The Kier molecular flexibility index (Phi) is 5.39. The number of esters is 1. The second-order valence-corrected chi connectivity index (χ2v) is 6.20. The van der Waals surface area contributed by atoms with Crippen LogP contribution in [-0.2, 0) is 27.0 Å². The van der Waals surface area contributed by atoms with Crippen LogP contribution in [0.5, 0.6) is 0 Å². The largest absolute Gasteiger partial charge is 0.466 e. The summed E-state index contributed by atoms with van der Waals surface area (Å²) in [7, 11) is 1.18. The fraction of sp³-hybridized carbons (Fsp3) is 0.200. The predicted molar refractivity (Wildman–Crippen MR) is 96.0 cm³/mol. The summed E-state index contributed by atoms with van der Waals surface area (Å²) in [5.41, 5.74) is 0.0498. The van der Waals surface area contributed by atoms with Crippen LogP contribution in [0.25, 0.3) is 0 Å². The number of nitrogens with zero attached hydrogens (tertiary/aromatic N) is 1. The molecule has 1 amide bonds. The third-order valence-electron chi connectivity index (χ3n) is 4.26. The maximum Gasteiger partial charge on any atom is 0.416 e. The van der Waals surface area contributed by atoms with Crippen LogP contribution >= 0.6 is 0 Å². The normalized spacial score (nSPS) is 14.4. The van der Waals surface area contributed by atoms with Crippen molar-refractivity contribution in [3.63, 3.8) is 0 Å². The van der Waals surface area contributed by atoms with E-state index in [0.29, 0.717) is 0 Å². The third kappa shape index (κ3) is 4.16. The summed E-state index contributed by atoms with van der Waals surface area (Å²) in [6.07, 6.45) is -4.52. The zero-order valence-corrected chi connectivity index (χ0v) is 14.9. The lowest BCUT2D eigenvalue weighted by molar-refractivity contribution is -0.138. The highest BCUT2D eigenvalue weighted by Crippen LogP contribution is 2.32. The Morgan fingerprint density at radius 1 is 1.14 bits per heavy atom. The maximum atomic E-state index is 12.9. The molecular formula is C20H17F3N2O3. The molecule has 0 fully saturated rings. The molecular weight excluding hydrogens is 373 g/mol. The van der Waals surface area contributed by atoms with Crippen molar-refractivity contribution in [1.29, 1.82) is 0 Å². The van der Waals surface area contributed by atoms with Crippen LogP contribution in [0.2, 0.25) is 0 Å². The van der Waals surface area contributed by atoms with Crippen LogP contribution in [0.1, 0.15) is 11.1 Å². The van der Waals surface area contributed by atoms with E-state index in [9.17, 15) is 22.8 Å². The quantitative estimate of drug-likeness (QED) is 0.793. The van der Waals surface area contributed by atoms with Crippen LogP contribution < -0.4 is 5.32 Å². The van der Waals surface area contributed by atoms with Gasteiger partial charge in [-0.05, 0) is 23.8 Å². The lowest BCUT2D eigenvalue weighted by Gasteiger charge is -2.17. The average molecular weight is 390 g/mol. The molecule has 0 radical (unpaired) electrons. The van der Waals surface area contributed by atoms with Gasteiger partial charge in [0.2, 0.25) is 0 Å². The number of ether oxygens (including phenoxy) is 1. The SMILES string of the molecule is COC(=O)C1=C(Nc2cccc(C(F)(F)F)c2)C(=O)N(Cc2ccccc2)C1. The van der Waals surface area contributed by atoms with Crippen LogP contribution in [0.15, 0.2) is 65.9 Å². The first kappa shape index (κ1) is 19.5. The summed E-state index contributed by atoms with van der Waals surface area (Å²) >= 11 is 0. The van der Waals surface area contributed by atoms with E-state index >= 15 is 0 Å². The highest BCUT2D eigenvalue weighted by Gasteiger charge is 2.35. The van der Waals surface area contributed by atoms with Crippen LogP contribution in [0.4, 0.5) is 18.9 Å². The summed E-state index contributed by atoms with van der Waals surface area (Å²) in [5, 5.41) is 2.67. The van der Waals surface area contributed by atoms with Crippen molar-refractivity contribution in [3.8, 4) is 0 Å². The number of amides is 1. The van der Waals surface area contributed by atoms with Crippen molar-refractivity contribution in [2.45, 2.75) is 12.7 Å². The van der Waals surface area contributed by atoms with E-state index in [4.69, 9.17) is 4.74 Å². The van der Waals surface area contributed by atoms with Crippen molar-refractivity contribution in [1.82, 2.24) is 4.90 Å². The number of rotatable bonds is 5. The van der Waals surface area contributed by atoms with Crippen molar-refractivity contribution < 1.29 is 27.5 Å². The van der Waals surface area contributed by atoms with E-state index in [0.717, 1.165) is 17.7 Å². The van der Waals surface area contributed by atoms with Crippen molar-refractivity contribution in [3.05, 3.63) is 77.0 Å². The molecule has 0 aliphatic carbocycles. The van der Waals surface area contributed by atoms with Gasteiger partial charge in [-0.15, -0.1) is 0 Å². The zero-order chi connectivity index (χ0) is 20.3. The average Bonchev–Trinajstić information content (AvgIpc) is 2.97. The minimum absolute atomic E-state index is 0.00168. The predicted octanol–water partition coefficient (Wildman–Crippen LogP) is 3.59. The summed E-state index contributed by atoms with van der Waals surface area (Å²) in [5.74, 6) is -1.19. The fourth-order valence-electron chi connectivity index (χ4n) is 2.90.